The maximum absolute atomic E-state index is 11.8. The van der Waals surface area contributed by atoms with Gasteiger partial charge in [-0.25, -0.2) is 4.98 Å². The van der Waals surface area contributed by atoms with E-state index in [-0.39, 0.29) is 18.4 Å². The predicted octanol–water partition coefficient (Wildman–Crippen LogP) is 1.92. The fourth-order valence-corrected chi connectivity index (χ4v) is 1.80. The van der Waals surface area contributed by atoms with Gasteiger partial charge in [0.2, 0.25) is 11.8 Å². The Labute approximate surface area is 112 Å². The molecule has 0 aromatic carbocycles. The quantitative estimate of drug-likeness (QED) is 0.844. The van der Waals surface area contributed by atoms with Crippen molar-refractivity contribution in [2.75, 3.05) is 25.5 Å². The Bertz CT molecular complexity index is 404. The lowest BCUT2D eigenvalue weighted by Gasteiger charge is -2.19. The fraction of sp³-hybridized carbons (Fsp3) is 0.583. The van der Waals surface area contributed by atoms with Gasteiger partial charge in [0.05, 0.1) is 17.7 Å². The third kappa shape index (κ3) is 4.83. The van der Waals surface area contributed by atoms with E-state index in [0.717, 1.165) is 10.0 Å². The van der Waals surface area contributed by atoms with Crippen LogP contribution in [-0.2, 0) is 9.59 Å². The summed E-state index contributed by atoms with van der Waals surface area (Å²) < 4.78 is 0. The molecule has 1 rings (SSSR count). The molecular formula is C12H21N3O2S. The molecule has 0 bridgehead atoms. The van der Waals surface area contributed by atoms with Gasteiger partial charge in [0, 0.05) is 21.0 Å². The molecule has 0 saturated carbocycles. The number of likely N-dealkylation sites (N-methyl/N-ethyl adjacent to an activating group) is 2. The number of nitrogens with zero attached hydrogens (tertiary/aromatic N) is 3. The summed E-state index contributed by atoms with van der Waals surface area (Å²) in [5.74, 6) is -0.247. The highest BCUT2D eigenvalue weighted by atomic mass is 32.1. The molecule has 102 valence electrons. The maximum atomic E-state index is 11.8. The Morgan fingerprint density at radius 2 is 1.89 bits per heavy atom. The lowest BCUT2D eigenvalue weighted by Crippen LogP contribution is -2.38. The van der Waals surface area contributed by atoms with Crippen LogP contribution in [0, 0.1) is 6.92 Å². The molecule has 0 radical (unpaired) electrons. The summed E-state index contributed by atoms with van der Waals surface area (Å²) in [4.78, 5) is 29.7. The zero-order valence-electron chi connectivity index (χ0n) is 11.9. The van der Waals surface area contributed by atoms with Crippen molar-refractivity contribution in [3.05, 3.63) is 11.2 Å². The van der Waals surface area contributed by atoms with E-state index in [2.05, 4.69) is 4.98 Å². The van der Waals surface area contributed by atoms with Crippen molar-refractivity contribution in [2.24, 2.45) is 0 Å². The van der Waals surface area contributed by atoms with Crippen LogP contribution in [0.4, 0.5) is 5.00 Å². The van der Waals surface area contributed by atoms with Crippen molar-refractivity contribution < 1.29 is 9.59 Å². The molecule has 1 aromatic heterocycles. The molecule has 0 saturated heterocycles. The Balaban J connectivity index is 0.00000137. The van der Waals surface area contributed by atoms with Crippen molar-refractivity contribution in [2.45, 2.75) is 27.7 Å². The van der Waals surface area contributed by atoms with Crippen LogP contribution in [-0.4, -0.2) is 42.3 Å². The van der Waals surface area contributed by atoms with Crippen molar-refractivity contribution in [1.82, 2.24) is 9.88 Å². The summed E-state index contributed by atoms with van der Waals surface area (Å²) in [5, 5.41) is 1.70. The van der Waals surface area contributed by atoms with Gasteiger partial charge in [-0.15, -0.1) is 11.3 Å². The van der Waals surface area contributed by atoms with Gasteiger partial charge in [0.1, 0.15) is 5.00 Å². The number of anilines is 1. The van der Waals surface area contributed by atoms with E-state index in [9.17, 15) is 9.59 Å². The molecule has 0 N–H and O–H groups in total. The Morgan fingerprint density at radius 1 is 1.33 bits per heavy atom. The van der Waals surface area contributed by atoms with Crippen molar-refractivity contribution in [3.8, 4) is 0 Å². The van der Waals surface area contributed by atoms with Gasteiger partial charge < -0.3 is 9.80 Å². The minimum atomic E-state index is -0.124. The Kier molecular flexibility index (Phi) is 7.19. The number of hydrogen-bond acceptors (Lipinski definition) is 4. The highest BCUT2D eigenvalue weighted by molar-refractivity contribution is 7.15. The first kappa shape index (κ1) is 16.6. The molecule has 18 heavy (non-hydrogen) atoms. The molecule has 0 atom stereocenters. The summed E-state index contributed by atoms with van der Waals surface area (Å²) in [5.41, 5.74) is 0. The van der Waals surface area contributed by atoms with Crippen LogP contribution in [0.1, 0.15) is 25.8 Å². The van der Waals surface area contributed by atoms with E-state index in [1.807, 2.05) is 20.8 Å². The summed E-state index contributed by atoms with van der Waals surface area (Å²) in [6, 6.07) is 0. The number of aromatic nitrogens is 1. The number of carbonyl (C=O) groups is 2. The fourth-order valence-electron chi connectivity index (χ4n) is 1.05. The lowest BCUT2D eigenvalue weighted by atomic mass is 10.4. The maximum Gasteiger partial charge on any atom is 0.246 e. The van der Waals surface area contributed by atoms with E-state index in [4.69, 9.17) is 0 Å². The number of amides is 2. The van der Waals surface area contributed by atoms with Gasteiger partial charge in [-0.1, -0.05) is 13.8 Å². The van der Waals surface area contributed by atoms with Gasteiger partial charge in [-0.05, 0) is 6.92 Å². The second kappa shape index (κ2) is 7.81. The highest BCUT2D eigenvalue weighted by Gasteiger charge is 2.16. The number of rotatable bonds is 3. The third-order valence-corrected chi connectivity index (χ3v) is 3.21. The van der Waals surface area contributed by atoms with Gasteiger partial charge >= 0.3 is 0 Å². The van der Waals surface area contributed by atoms with Crippen LogP contribution in [0.5, 0.6) is 0 Å². The van der Waals surface area contributed by atoms with E-state index in [0.29, 0.717) is 0 Å². The van der Waals surface area contributed by atoms with Crippen LogP contribution in [0.2, 0.25) is 0 Å². The monoisotopic (exact) mass is 271 g/mol. The first-order valence-corrected chi connectivity index (χ1v) is 6.64. The summed E-state index contributed by atoms with van der Waals surface area (Å²) in [7, 11) is 3.29. The van der Waals surface area contributed by atoms with E-state index in [1.54, 1.807) is 20.3 Å². The van der Waals surface area contributed by atoms with Crippen LogP contribution < -0.4 is 4.90 Å². The number of aryl methyl sites for hydroxylation is 1. The minimum absolute atomic E-state index is 0.0861. The molecule has 0 aliphatic carbocycles. The summed E-state index contributed by atoms with van der Waals surface area (Å²) in [6.07, 6.45) is 1.66. The molecule has 6 heteroatoms. The van der Waals surface area contributed by atoms with Gasteiger partial charge in [-0.3, -0.25) is 9.59 Å². The summed E-state index contributed by atoms with van der Waals surface area (Å²) >= 11 is 1.45. The van der Waals surface area contributed by atoms with Gasteiger partial charge in [0.25, 0.3) is 0 Å². The number of thiazole rings is 1. The highest BCUT2D eigenvalue weighted by Crippen LogP contribution is 2.21. The zero-order chi connectivity index (χ0) is 14.3. The van der Waals surface area contributed by atoms with E-state index >= 15 is 0 Å². The zero-order valence-corrected chi connectivity index (χ0v) is 12.7. The second-order valence-electron chi connectivity index (χ2n) is 3.55. The third-order valence-electron chi connectivity index (χ3n) is 2.22. The van der Waals surface area contributed by atoms with E-state index in [1.165, 1.54) is 28.1 Å². The van der Waals surface area contributed by atoms with Crippen LogP contribution in [0.15, 0.2) is 6.20 Å². The average Bonchev–Trinajstić information content (AvgIpc) is 2.77. The molecule has 0 fully saturated rings. The van der Waals surface area contributed by atoms with Crippen molar-refractivity contribution >= 4 is 28.2 Å². The first-order valence-electron chi connectivity index (χ1n) is 5.82. The van der Waals surface area contributed by atoms with Crippen LogP contribution in [0.3, 0.4) is 0 Å². The van der Waals surface area contributed by atoms with Crippen molar-refractivity contribution in [3.63, 3.8) is 0 Å². The van der Waals surface area contributed by atoms with Gasteiger partial charge in [0.15, 0.2) is 0 Å². The average molecular weight is 271 g/mol. The number of hydrogen-bond donors (Lipinski definition) is 0. The predicted molar refractivity (Wildman–Crippen MR) is 74.9 cm³/mol. The van der Waals surface area contributed by atoms with E-state index < -0.39 is 0 Å². The summed E-state index contributed by atoms with van der Waals surface area (Å²) in [6.45, 7) is 7.40. The normalized spacial score (nSPS) is 9.22. The molecule has 1 heterocycles. The largest absolute Gasteiger partial charge is 0.337 e. The SMILES string of the molecule is CC.CC(=O)N(C)CC(=O)N(C)c1cnc(C)s1. The smallest absolute Gasteiger partial charge is 0.246 e. The second-order valence-corrected chi connectivity index (χ2v) is 4.76. The van der Waals surface area contributed by atoms with Crippen LogP contribution in [0.25, 0.3) is 0 Å². The van der Waals surface area contributed by atoms with Crippen molar-refractivity contribution in [1.29, 1.82) is 0 Å². The van der Waals surface area contributed by atoms with Crippen LogP contribution >= 0.6 is 11.3 Å². The topological polar surface area (TPSA) is 53.5 Å². The molecule has 0 aliphatic heterocycles. The number of carbonyl (C=O) groups excluding carboxylic acids is 2. The molecule has 0 aliphatic rings. The first-order chi connectivity index (χ1) is 8.41. The minimum Gasteiger partial charge on any atom is -0.337 e. The molecule has 0 unspecified atom stereocenters. The molecular weight excluding hydrogens is 250 g/mol. The molecule has 1 aromatic rings. The molecule has 5 nitrogen and oxygen atoms in total. The standard InChI is InChI=1S/C10H15N3O2S.C2H6/c1-7-11-5-10(16-7)13(4)9(15)6-12(3)8(2)14;1-2/h5H,6H2,1-4H3;1-2H3. The molecule has 2 amide bonds. The Morgan fingerprint density at radius 3 is 2.28 bits per heavy atom. The Hall–Kier alpha value is -1.43. The lowest BCUT2D eigenvalue weighted by molar-refractivity contribution is -0.132. The molecule has 0 spiro atoms. The van der Waals surface area contributed by atoms with Gasteiger partial charge in [-0.2, -0.15) is 0 Å².